The first-order chi connectivity index (χ1) is 12.4. The summed E-state index contributed by atoms with van der Waals surface area (Å²) in [5.74, 6) is 0.207. The van der Waals surface area contributed by atoms with E-state index >= 15 is 0 Å². The van der Waals surface area contributed by atoms with Gasteiger partial charge >= 0.3 is 0 Å². The minimum atomic E-state index is 0.207. The molecule has 26 heavy (non-hydrogen) atoms. The van der Waals surface area contributed by atoms with Crippen LogP contribution in [0.1, 0.15) is 25.1 Å². The summed E-state index contributed by atoms with van der Waals surface area (Å²) in [6.07, 6.45) is 0.972. The van der Waals surface area contributed by atoms with Crippen molar-refractivity contribution in [2.75, 3.05) is 26.7 Å². The molecule has 6 heteroatoms. The smallest absolute Gasteiger partial charge is 0.242 e. The number of piperazine rings is 1. The van der Waals surface area contributed by atoms with Crippen molar-refractivity contribution in [2.24, 2.45) is 0 Å². The minimum absolute atomic E-state index is 0.207. The van der Waals surface area contributed by atoms with E-state index in [9.17, 15) is 4.79 Å². The van der Waals surface area contributed by atoms with Gasteiger partial charge in [-0.25, -0.2) is 0 Å². The van der Waals surface area contributed by atoms with Crippen LogP contribution in [0, 0.1) is 0 Å². The zero-order valence-corrected chi connectivity index (χ0v) is 16.5. The van der Waals surface area contributed by atoms with Crippen molar-refractivity contribution in [1.29, 1.82) is 0 Å². The Hall–Kier alpha value is -1.56. The highest BCUT2D eigenvalue weighted by Crippen LogP contribution is 2.32. The standard InChI is InChI=1S/C20H27ClN4O/c1-13-9-24(10-14(2)22-13)20(26)12-25-18-5-4-15(21)8-16(18)17-11-23(3)7-6-19(17)25/h4-5,8,13-14,22H,6-7,9-12H2,1-3H3. The van der Waals surface area contributed by atoms with Crippen LogP contribution in [0.5, 0.6) is 0 Å². The summed E-state index contributed by atoms with van der Waals surface area (Å²) < 4.78 is 2.23. The van der Waals surface area contributed by atoms with Gasteiger partial charge < -0.3 is 19.7 Å². The molecule has 0 radical (unpaired) electrons. The lowest BCUT2D eigenvalue weighted by Gasteiger charge is -2.36. The topological polar surface area (TPSA) is 40.5 Å². The van der Waals surface area contributed by atoms with Gasteiger partial charge in [0.25, 0.3) is 0 Å². The fourth-order valence-electron chi connectivity index (χ4n) is 4.50. The molecule has 5 nitrogen and oxygen atoms in total. The first-order valence-corrected chi connectivity index (χ1v) is 9.82. The van der Waals surface area contributed by atoms with Gasteiger partial charge in [-0.05, 0) is 44.7 Å². The Morgan fingerprint density at radius 3 is 2.73 bits per heavy atom. The van der Waals surface area contributed by atoms with Crippen LogP contribution >= 0.6 is 11.6 Å². The highest BCUT2D eigenvalue weighted by molar-refractivity contribution is 6.31. The second-order valence-electron chi connectivity index (χ2n) is 7.93. The van der Waals surface area contributed by atoms with Crippen LogP contribution in [-0.2, 0) is 24.3 Å². The molecule has 1 N–H and O–H groups in total. The van der Waals surface area contributed by atoms with E-state index < -0.39 is 0 Å². The van der Waals surface area contributed by atoms with Gasteiger partial charge in [-0.1, -0.05) is 11.6 Å². The first-order valence-electron chi connectivity index (χ1n) is 9.44. The molecule has 2 aromatic rings. The van der Waals surface area contributed by atoms with Gasteiger partial charge in [0.15, 0.2) is 0 Å². The molecule has 0 bridgehead atoms. The summed E-state index contributed by atoms with van der Waals surface area (Å²) in [7, 11) is 2.14. The lowest BCUT2D eigenvalue weighted by Crippen LogP contribution is -2.56. The molecule has 1 amide bonds. The number of halogens is 1. The summed E-state index contributed by atoms with van der Waals surface area (Å²) >= 11 is 6.26. The Morgan fingerprint density at radius 2 is 2.00 bits per heavy atom. The number of amides is 1. The van der Waals surface area contributed by atoms with Crippen LogP contribution in [0.2, 0.25) is 5.02 Å². The molecule has 1 fully saturated rings. The summed E-state index contributed by atoms with van der Waals surface area (Å²) in [5, 5.41) is 5.43. The normalized spacial score (nSPS) is 24.1. The van der Waals surface area contributed by atoms with Crippen LogP contribution in [-0.4, -0.2) is 59.0 Å². The molecule has 2 unspecified atom stereocenters. The van der Waals surface area contributed by atoms with Gasteiger partial charge in [0, 0.05) is 66.3 Å². The van der Waals surface area contributed by atoms with E-state index in [0.29, 0.717) is 18.6 Å². The van der Waals surface area contributed by atoms with Crippen molar-refractivity contribution < 1.29 is 4.79 Å². The Balaban J connectivity index is 1.69. The van der Waals surface area contributed by atoms with E-state index in [1.54, 1.807) is 0 Å². The van der Waals surface area contributed by atoms with Crippen molar-refractivity contribution in [3.63, 3.8) is 0 Å². The summed E-state index contributed by atoms with van der Waals surface area (Å²) in [4.78, 5) is 17.4. The molecule has 3 heterocycles. The Bertz CT molecular complexity index is 836. The zero-order valence-electron chi connectivity index (χ0n) is 15.8. The molecule has 1 saturated heterocycles. The maximum absolute atomic E-state index is 13.1. The lowest BCUT2D eigenvalue weighted by molar-refractivity contribution is -0.133. The highest BCUT2D eigenvalue weighted by Gasteiger charge is 2.28. The molecule has 2 aliphatic heterocycles. The number of likely N-dealkylation sites (N-methyl/N-ethyl adjacent to an activating group) is 1. The predicted octanol–water partition coefficient (Wildman–Crippen LogP) is 2.49. The van der Waals surface area contributed by atoms with E-state index in [-0.39, 0.29) is 5.91 Å². The maximum atomic E-state index is 13.1. The molecule has 2 aliphatic rings. The molecular weight excluding hydrogens is 348 g/mol. The Kier molecular flexibility index (Phi) is 4.71. The number of hydrogen-bond acceptors (Lipinski definition) is 3. The molecule has 0 spiro atoms. The number of hydrogen-bond donors (Lipinski definition) is 1. The number of nitrogens with zero attached hydrogens (tertiary/aromatic N) is 3. The molecule has 1 aromatic heterocycles. The zero-order chi connectivity index (χ0) is 18.4. The predicted molar refractivity (Wildman–Crippen MR) is 106 cm³/mol. The summed E-state index contributed by atoms with van der Waals surface area (Å²) in [5.41, 5.74) is 3.75. The minimum Gasteiger partial charge on any atom is -0.338 e. The van der Waals surface area contributed by atoms with Crippen LogP contribution < -0.4 is 5.32 Å². The fraction of sp³-hybridized carbons (Fsp3) is 0.550. The van der Waals surface area contributed by atoms with Crippen molar-refractivity contribution >= 4 is 28.4 Å². The largest absolute Gasteiger partial charge is 0.338 e. The molecule has 2 atom stereocenters. The van der Waals surface area contributed by atoms with E-state index in [0.717, 1.165) is 43.1 Å². The number of fused-ring (bicyclic) bond motifs is 3. The van der Waals surface area contributed by atoms with Crippen molar-refractivity contribution in [1.82, 2.24) is 19.7 Å². The fourth-order valence-corrected chi connectivity index (χ4v) is 4.68. The van der Waals surface area contributed by atoms with E-state index in [1.165, 1.54) is 16.6 Å². The Morgan fingerprint density at radius 1 is 1.27 bits per heavy atom. The average molecular weight is 375 g/mol. The number of benzene rings is 1. The third kappa shape index (κ3) is 3.24. The summed E-state index contributed by atoms with van der Waals surface area (Å²) in [6.45, 7) is 8.18. The van der Waals surface area contributed by atoms with Gasteiger partial charge in [0.05, 0.1) is 0 Å². The third-order valence-electron chi connectivity index (χ3n) is 5.61. The lowest BCUT2D eigenvalue weighted by atomic mass is 10.1. The molecule has 1 aromatic carbocycles. The SMILES string of the molecule is CC1CN(C(=O)Cn2c3c(c4cc(Cl)ccc42)CN(C)CC3)CC(C)N1. The van der Waals surface area contributed by atoms with Gasteiger partial charge in [0.1, 0.15) is 6.54 Å². The number of carbonyl (C=O) groups excluding carboxylic acids is 1. The van der Waals surface area contributed by atoms with E-state index in [1.807, 2.05) is 17.0 Å². The monoisotopic (exact) mass is 374 g/mol. The molecular formula is C20H27ClN4O. The van der Waals surface area contributed by atoms with Crippen LogP contribution in [0.25, 0.3) is 10.9 Å². The van der Waals surface area contributed by atoms with Crippen LogP contribution in [0.15, 0.2) is 18.2 Å². The van der Waals surface area contributed by atoms with Crippen LogP contribution in [0.4, 0.5) is 0 Å². The highest BCUT2D eigenvalue weighted by atomic mass is 35.5. The van der Waals surface area contributed by atoms with Gasteiger partial charge in [-0.3, -0.25) is 4.79 Å². The van der Waals surface area contributed by atoms with Crippen molar-refractivity contribution in [3.05, 3.63) is 34.5 Å². The maximum Gasteiger partial charge on any atom is 0.242 e. The molecule has 0 aliphatic carbocycles. The van der Waals surface area contributed by atoms with Gasteiger partial charge in [-0.2, -0.15) is 0 Å². The Labute approximate surface area is 159 Å². The molecule has 0 saturated carbocycles. The van der Waals surface area contributed by atoms with E-state index in [4.69, 9.17) is 11.6 Å². The number of nitrogens with one attached hydrogen (secondary N) is 1. The second-order valence-corrected chi connectivity index (χ2v) is 8.36. The first kappa shape index (κ1) is 17.8. The van der Waals surface area contributed by atoms with Gasteiger partial charge in [0.2, 0.25) is 5.91 Å². The number of rotatable bonds is 2. The molecule has 4 rings (SSSR count). The molecule has 140 valence electrons. The number of carbonyl (C=O) groups is 1. The quantitative estimate of drug-likeness (QED) is 0.878. The summed E-state index contributed by atoms with van der Waals surface area (Å²) in [6, 6.07) is 6.71. The second kappa shape index (κ2) is 6.87. The van der Waals surface area contributed by atoms with Crippen molar-refractivity contribution in [2.45, 2.75) is 45.4 Å². The average Bonchev–Trinajstić information content (AvgIpc) is 2.86. The van der Waals surface area contributed by atoms with Crippen LogP contribution in [0.3, 0.4) is 0 Å². The van der Waals surface area contributed by atoms with Crippen molar-refractivity contribution in [3.8, 4) is 0 Å². The van der Waals surface area contributed by atoms with E-state index in [2.05, 4.69) is 41.7 Å². The number of aromatic nitrogens is 1. The van der Waals surface area contributed by atoms with Gasteiger partial charge in [-0.15, -0.1) is 0 Å². The third-order valence-corrected chi connectivity index (χ3v) is 5.85.